The average molecular weight is 482 g/mol. The summed E-state index contributed by atoms with van der Waals surface area (Å²) in [4.78, 5) is 27.4. The van der Waals surface area contributed by atoms with Crippen molar-refractivity contribution >= 4 is 40.0 Å². The third kappa shape index (κ3) is 4.74. The molecule has 7 nitrogen and oxygen atoms in total. The lowest BCUT2D eigenvalue weighted by atomic mass is 10.1. The van der Waals surface area contributed by atoms with Gasteiger partial charge in [0.15, 0.2) is 16.8 Å². The van der Waals surface area contributed by atoms with Crippen LogP contribution in [0.4, 0.5) is 5.69 Å². The molecule has 0 saturated carbocycles. The highest BCUT2D eigenvalue weighted by atomic mass is 32.2. The average Bonchev–Trinajstić information content (AvgIpc) is 3.46. The Morgan fingerprint density at radius 2 is 1.80 bits per heavy atom. The van der Waals surface area contributed by atoms with Gasteiger partial charge in [-0.25, -0.2) is 0 Å². The van der Waals surface area contributed by atoms with Gasteiger partial charge in [0.05, 0.1) is 5.75 Å². The van der Waals surface area contributed by atoms with Gasteiger partial charge in [-0.3, -0.25) is 14.2 Å². The number of hydrogen-bond acceptors (Lipinski definition) is 5. The van der Waals surface area contributed by atoms with E-state index >= 15 is 0 Å². The molecule has 0 aliphatic carbocycles. The quantitative estimate of drug-likeness (QED) is 0.231. The number of aromatic amines is 1. The molecule has 5 aromatic rings. The molecule has 5 rings (SSSR count). The largest absolute Gasteiger partial charge is 0.360 e. The Balaban J connectivity index is 1.46. The normalized spacial score (nSPS) is 11.0. The first-order valence-corrected chi connectivity index (χ1v) is 12.1. The second kappa shape index (κ2) is 9.60. The lowest BCUT2D eigenvalue weighted by Gasteiger charge is -2.11. The van der Waals surface area contributed by atoms with E-state index in [-0.39, 0.29) is 17.4 Å². The fourth-order valence-electron chi connectivity index (χ4n) is 3.95. The van der Waals surface area contributed by atoms with Crippen molar-refractivity contribution in [1.29, 1.82) is 0 Å². The molecule has 0 atom stereocenters. The first kappa shape index (κ1) is 22.6. The van der Waals surface area contributed by atoms with Crippen molar-refractivity contribution in [2.75, 3.05) is 11.1 Å². The number of carbonyl (C=O) groups is 2. The molecule has 0 aliphatic rings. The number of hydrogen-bond donors (Lipinski definition) is 2. The van der Waals surface area contributed by atoms with Crippen LogP contribution in [0, 0.1) is 6.92 Å². The van der Waals surface area contributed by atoms with Gasteiger partial charge in [-0.15, -0.1) is 10.2 Å². The zero-order valence-electron chi connectivity index (χ0n) is 19.3. The van der Waals surface area contributed by atoms with Crippen LogP contribution < -0.4 is 5.32 Å². The van der Waals surface area contributed by atoms with Crippen molar-refractivity contribution in [3.05, 3.63) is 90.1 Å². The molecule has 1 amide bonds. The summed E-state index contributed by atoms with van der Waals surface area (Å²) in [5, 5.41) is 13.4. The van der Waals surface area contributed by atoms with Crippen molar-refractivity contribution < 1.29 is 9.59 Å². The van der Waals surface area contributed by atoms with Crippen molar-refractivity contribution in [2.24, 2.45) is 0 Å². The number of Topliss-reactive ketones (excluding diaryl/α,β-unsaturated/α-hetero) is 1. The van der Waals surface area contributed by atoms with Crippen LogP contribution >= 0.6 is 11.8 Å². The number of nitrogens with zero attached hydrogens (tertiary/aromatic N) is 3. The van der Waals surface area contributed by atoms with Gasteiger partial charge in [0.2, 0.25) is 5.91 Å². The highest BCUT2D eigenvalue weighted by molar-refractivity contribution is 7.99. The Labute approximate surface area is 206 Å². The van der Waals surface area contributed by atoms with Crippen molar-refractivity contribution in [3.63, 3.8) is 0 Å². The summed E-state index contributed by atoms with van der Waals surface area (Å²) in [6, 6.07) is 23.1. The van der Waals surface area contributed by atoms with Gasteiger partial charge < -0.3 is 10.3 Å². The van der Waals surface area contributed by atoms with E-state index in [9.17, 15) is 9.59 Å². The Morgan fingerprint density at radius 1 is 1.00 bits per heavy atom. The van der Waals surface area contributed by atoms with Crippen LogP contribution in [0.1, 0.15) is 22.8 Å². The zero-order valence-corrected chi connectivity index (χ0v) is 20.1. The summed E-state index contributed by atoms with van der Waals surface area (Å²) >= 11 is 1.35. The topological polar surface area (TPSA) is 92.7 Å². The highest BCUT2D eigenvalue weighted by Gasteiger charge is 2.20. The maximum absolute atomic E-state index is 12.9. The number of aromatic nitrogens is 4. The number of para-hydroxylation sites is 1. The van der Waals surface area contributed by atoms with Crippen LogP contribution in [-0.2, 0) is 4.79 Å². The molecule has 0 unspecified atom stereocenters. The predicted molar refractivity (Wildman–Crippen MR) is 139 cm³/mol. The van der Waals surface area contributed by atoms with Crippen LogP contribution in [0.25, 0.3) is 28.0 Å². The summed E-state index contributed by atoms with van der Waals surface area (Å²) in [7, 11) is 0. The molecule has 2 N–H and O–H groups in total. The van der Waals surface area contributed by atoms with E-state index in [0.717, 1.165) is 27.7 Å². The minimum atomic E-state index is -0.152. The number of aryl methyl sites for hydroxylation is 1. The maximum Gasteiger partial charge on any atom is 0.221 e. The van der Waals surface area contributed by atoms with E-state index in [4.69, 9.17) is 0 Å². The smallest absolute Gasteiger partial charge is 0.221 e. The van der Waals surface area contributed by atoms with E-state index in [2.05, 4.69) is 32.6 Å². The lowest BCUT2D eigenvalue weighted by molar-refractivity contribution is -0.114. The van der Waals surface area contributed by atoms with Gasteiger partial charge in [0.25, 0.3) is 0 Å². The fourth-order valence-corrected chi connectivity index (χ4v) is 4.80. The minimum absolute atomic E-state index is 0.0307. The lowest BCUT2D eigenvalue weighted by Crippen LogP contribution is -2.07. The van der Waals surface area contributed by atoms with Crippen LogP contribution in [0.3, 0.4) is 0 Å². The highest BCUT2D eigenvalue weighted by Crippen LogP contribution is 2.32. The van der Waals surface area contributed by atoms with Gasteiger partial charge in [-0.05, 0) is 55.0 Å². The molecule has 2 heterocycles. The van der Waals surface area contributed by atoms with E-state index < -0.39 is 0 Å². The van der Waals surface area contributed by atoms with Gasteiger partial charge in [0, 0.05) is 46.5 Å². The molecule has 3 aromatic carbocycles. The second-order valence-corrected chi connectivity index (χ2v) is 9.14. The number of carbonyl (C=O) groups excluding carboxylic acids is 2. The number of benzene rings is 3. The number of rotatable bonds is 7. The van der Waals surface area contributed by atoms with Crippen LogP contribution in [-0.4, -0.2) is 37.2 Å². The molecular formula is C27H23N5O2S. The van der Waals surface area contributed by atoms with Crippen molar-refractivity contribution in [1.82, 2.24) is 19.7 Å². The van der Waals surface area contributed by atoms with E-state index in [1.165, 1.54) is 18.7 Å². The summed E-state index contributed by atoms with van der Waals surface area (Å²) < 4.78 is 2.00. The molecular weight excluding hydrogens is 458 g/mol. The predicted octanol–water partition coefficient (Wildman–Crippen LogP) is 5.66. The van der Waals surface area contributed by atoms with E-state index in [1.807, 2.05) is 54.1 Å². The fraction of sp³-hybridized carbons (Fsp3) is 0.111. The second-order valence-electron chi connectivity index (χ2n) is 8.20. The van der Waals surface area contributed by atoms with Gasteiger partial charge in [-0.1, -0.05) is 42.1 Å². The Morgan fingerprint density at radius 3 is 2.57 bits per heavy atom. The van der Waals surface area contributed by atoms with Gasteiger partial charge in [0.1, 0.15) is 0 Å². The maximum atomic E-state index is 12.9. The van der Waals surface area contributed by atoms with Gasteiger partial charge >= 0.3 is 0 Å². The molecule has 0 bridgehead atoms. The Bertz CT molecular complexity index is 1540. The monoisotopic (exact) mass is 481 g/mol. The number of amides is 1. The third-order valence-electron chi connectivity index (χ3n) is 5.58. The Kier molecular flexibility index (Phi) is 6.20. The molecule has 2 aromatic heterocycles. The van der Waals surface area contributed by atoms with Crippen LogP contribution in [0.5, 0.6) is 0 Å². The number of anilines is 1. The Hall–Kier alpha value is -4.17. The molecule has 0 saturated heterocycles. The number of thioether (sulfide) groups is 1. The summed E-state index contributed by atoms with van der Waals surface area (Å²) in [6.45, 7) is 3.49. The molecule has 0 aliphatic heterocycles. The number of ketones is 1. The third-order valence-corrected chi connectivity index (χ3v) is 6.51. The van der Waals surface area contributed by atoms with Crippen LogP contribution in [0.15, 0.2) is 84.1 Å². The van der Waals surface area contributed by atoms with Crippen molar-refractivity contribution in [3.8, 4) is 17.1 Å². The number of H-pyrrole nitrogens is 1. The zero-order chi connectivity index (χ0) is 24.4. The standard InChI is InChI=1S/C27H23N5O2S/c1-17-6-5-7-21(14-17)32-26(23-15-28-24-9-4-3-8-22(23)24)30-31-27(32)35-16-25(34)19-10-12-20(13-11-19)29-18(2)33/h3-15,28H,16H2,1-2H3,(H,29,33). The molecule has 174 valence electrons. The number of nitrogens with one attached hydrogen (secondary N) is 2. The summed E-state index contributed by atoms with van der Waals surface area (Å²) in [6.07, 6.45) is 1.94. The molecule has 8 heteroatoms. The minimum Gasteiger partial charge on any atom is -0.360 e. The molecule has 0 fully saturated rings. The molecule has 35 heavy (non-hydrogen) atoms. The molecule has 0 radical (unpaired) electrons. The number of fused-ring (bicyclic) bond motifs is 1. The van der Waals surface area contributed by atoms with Gasteiger partial charge in [-0.2, -0.15) is 0 Å². The van der Waals surface area contributed by atoms with Crippen LogP contribution in [0.2, 0.25) is 0 Å². The summed E-state index contributed by atoms with van der Waals surface area (Å²) in [5.41, 5.74) is 5.25. The SMILES string of the molecule is CC(=O)Nc1ccc(C(=O)CSc2nnc(-c3c[nH]c4ccccc34)n2-c2cccc(C)c2)cc1. The first-order chi connectivity index (χ1) is 17.0. The van der Waals surface area contributed by atoms with E-state index in [0.29, 0.717) is 22.2 Å². The van der Waals surface area contributed by atoms with E-state index in [1.54, 1.807) is 24.3 Å². The first-order valence-electron chi connectivity index (χ1n) is 11.1. The molecule has 0 spiro atoms. The van der Waals surface area contributed by atoms with Crippen molar-refractivity contribution in [2.45, 2.75) is 19.0 Å². The summed E-state index contributed by atoms with van der Waals surface area (Å²) in [5.74, 6) is 0.734.